The third-order valence-corrected chi connectivity index (χ3v) is 7.19. The molecule has 6 heteroatoms. The summed E-state index contributed by atoms with van der Waals surface area (Å²) in [6.07, 6.45) is 6.60. The summed E-state index contributed by atoms with van der Waals surface area (Å²) in [7, 11) is 1.64. The normalized spacial score (nSPS) is 15.0. The molecule has 178 valence electrons. The van der Waals surface area contributed by atoms with Crippen LogP contribution in [0, 0.1) is 0 Å². The number of amides is 2. The van der Waals surface area contributed by atoms with Gasteiger partial charge in [0.1, 0.15) is 11.8 Å². The number of hydrogen-bond donors (Lipinski definition) is 1. The molecule has 2 aromatic rings. The quantitative estimate of drug-likeness (QED) is 0.447. The molecule has 33 heavy (non-hydrogen) atoms. The summed E-state index contributed by atoms with van der Waals surface area (Å²) < 4.78 is 5.26. The highest BCUT2D eigenvalue weighted by Crippen LogP contribution is 2.22. The Labute approximate surface area is 202 Å². The maximum absolute atomic E-state index is 13.4. The molecule has 0 radical (unpaired) electrons. The van der Waals surface area contributed by atoms with E-state index >= 15 is 0 Å². The standard InChI is InChI=1S/C27H36N2O3S/c1-3-25(27(31)28-22-10-6-4-7-11-22)29(20-21-14-16-23(32-2)17-15-21)26(30)18-19-33-24-12-8-5-9-13-24/h5,8-9,12-17,22,25H,3-4,6-7,10-11,18-20H2,1-2H3,(H,28,31)/t25-/m0/s1. The molecule has 0 saturated heterocycles. The van der Waals surface area contributed by atoms with Crippen LogP contribution < -0.4 is 10.1 Å². The smallest absolute Gasteiger partial charge is 0.243 e. The number of methoxy groups -OCH3 is 1. The summed E-state index contributed by atoms with van der Waals surface area (Å²) in [5.41, 5.74) is 0.990. The third kappa shape index (κ3) is 7.81. The van der Waals surface area contributed by atoms with Crippen molar-refractivity contribution < 1.29 is 14.3 Å². The van der Waals surface area contributed by atoms with Crippen LogP contribution in [-0.4, -0.2) is 41.7 Å². The van der Waals surface area contributed by atoms with Gasteiger partial charge in [0.05, 0.1) is 7.11 Å². The lowest BCUT2D eigenvalue weighted by atomic mass is 9.95. The summed E-state index contributed by atoms with van der Waals surface area (Å²) in [5.74, 6) is 1.45. The van der Waals surface area contributed by atoms with Gasteiger partial charge in [-0.25, -0.2) is 0 Å². The zero-order valence-electron chi connectivity index (χ0n) is 19.8. The highest BCUT2D eigenvalue weighted by atomic mass is 32.2. The van der Waals surface area contributed by atoms with Crippen molar-refractivity contribution in [3.8, 4) is 5.75 Å². The van der Waals surface area contributed by atoms with E-state index in [2.05, 4.69) is 17.4 Å². The van der Waals surface area contributed by atoms with Gasteiger partial charge in [-0.15, -0.1) is 11.8 Å². The summed E-state index contributed by atoms with van der Waals surface area (Å²) in [4.78, 5) is 29.5. The van der Waals surface area contributed by atoms with E-state index in [1.165, 1.54) is 6.42 Å². The maximum atomic E-state index is 13.4. The lowest BCUT2D eigenvalue weighted by molar-refractivity contribution is -0.141. The van der Waals surface area contributed by atoms with Crippen molar-refractivity contribution in [2.45, 2.75) is 75.4 Å². The predicted molar refractivity (Wildman–Crippen MR) is 134 cm³/mol. The van der Waals surface area contributed by atoms with Crippen LogP contribution in [0.4, 0.5) is 0 Å². The van der Waals surface area contributed by atoms with Gasteiger partial charge in [0.2, 0.25) is 11.8 Å². The van der Waals surface area contributed by atoms with Crippen molar-refractivity contribution in [2.24, 2.45) is 0 Å². The van der Waals surface area contributed by atoms with Gasteiger partial charge in [0.15, 0.2) is 0 Å². The van der Waals surface area contributed by atoms with Crippen LogP contribution in [0.1, 0.15) is 57.4 Å². The molecule has 3 rings (SSSR count). The number of ether oxygens (including phenoxy) is 1. The van der Waals surface area contributed by atoms with Gasteiger partial charge < -0.3 is 15.0 Å². The zero-order valence-corrected chi connectivity index (χ0v) is 20.6. The molecule has 0 spiro atoms. The highest BCUT2D eigenvalue weighted by Gasteiger charge is 2.30. The first-order valence-corrected chi connectivity index (χ1v) is 13.0. The van der Waals surface area contributed by atoms with Crippen LogP contribution in [0.3, 0.4) is 0 Å². The summed E-state index contributed by atoms with van der Waals surface area (Å²) in [6.45, 7) is 2.40. The lowest BCUT2D eigenvalue weighted by Crippen LogP contribution is -2.51. The number of nitrogens with zero attached hydrogens (tertiary/aromatic N) is 1. The molecule has 1 saturated carbocycles. The molecule has 1 fully saturated rings. The van der Waals surface area contributed by atoms with Gasteiger partial charge in [0.25, 0.3) is 0 Å². The van der Waals surface area contributed by atoms with E-state index in [0.717, 1.165) is 41.9 Å². The summed E-state index contributed by atoms with van der Waals surface area (Å²) in [5, 5.41) is 3.23. The Morgan fingerprint density at radius 2 is 1.76 bits per heavy atom. The number of benzene rings is 2. The fraction of sp³-hybridized carbons (Fsp3) is 0.481. The third-order valence-electron chi connectivity index (χ3n) is 6.18. The zero-order chi connectivity index (χ0) is 23.5. The van der Waals surface area contributed by atoms with Gasteiger partial charge in [-0.05, 0) is 49.1 Å². The van der Waals surface area contributed by atoms with Gasteiger partial charge in [0, 0.05) is 29.7 Å². The fourth-order valence-corrected chi connectivity index (χ4v) is 5.17. The number of rotatable bonds is 11. The van der Waals surface area contributed by atoms with Crippen LogP contribution in [-0.2, 0) is 16.1 Å². The number of carbonyl (C=O) groups is 2. The van der Waals surface area contributed by atoms with E-state index in [4.69, 9.17) is 4.74 Å². The van der Waals surface area contributed by atoms with Crippen LogP contribution in [0.5, 0.6) is 5.75 Å². The minimum Gasteiger partial charge on any atom is -0.497 e. The van der Waals surface area contributed by atoms with Gasteiger partial charge in [-0.3, -0.25) is 9.59 Å². The molecular formula is C27H36N2O3S. The first-order valence-electron chi connectivity index (χ1n) is 12.0. The fourth-order valence-electron chi connectivity index (χ4n) is 4.31. The first-order chi connectivity index (χ1) is 16.1. The van der Waals surface area contributed by atoms with Gasteiger partial charge >= 0.3 is 0 Å². The Morgan fingerprint density at radius 1 is 1.06 bits per heavy atom. The molecule has 1 aliphatic rings. The van der Waals surface area contributed by atoms with E-state index in [-0.39, 0.29) is 17.9 Å². The minimum absolute atomic E-state index is 0.0138. The molecule has 2 amide bonds. The first kappa shape index (κ1) is 25.2. The topological polar surface area (TPSA) is 58.6 Å². The van der Waals surface area contributed by atoms with Gasteiger partial charge in [-0.2, -0.15) is 0 Å². The minimum atomic E-state index is -0.469. The highest BCUT2D eigenvalue weighted by molar-refractivity contribution is 7.99. The van der Waals surface area contributed by atoms with E-state index in [9.17, 15) is 9.59 Å². The molecule has 1 aliphatic carbocycles. The molecule has 0 heterocycles. The molecule has 2 aromatic carbocycles. The average Bonchev–Trinajstić information content (AvgIpc) is 2.85. The second-order valence-corrected chi connectivity index (χ2v) is 9.72. The molecular weight excluding hydrogens is 432 g/mol. The Bertz CT molecular complexity index is 867. The Morgan fingerprint density at radius 3 is 2.39 bits per heavy atom. The molecule has 0 unspecified atom stereocenters. The maximum Gasteiger partial charge on any atom is 0.243 e. The second-order valence-electron chi connectivity index (χ2n) is 8.55. The average molecular weight is 469 g/mol. The van der Waals surface area contributed by atoms with E-state index in [1.807, 2.05) is 49.4 Å². The van der Waals surface area contributed by atoms with Crippen molar-refractivity contribution in [3.63, 3.8) is 0 Å². The van der Waals surface area contributed by atoms with E-state index in [0.29, 0.717) is 25.1 Å². The Balaban J connectivity index is 1.70. The number of thioether (sulfide) groups is 1. The molecule has 0 aliphatic heterocycles. The van der Waals surface area contributed by atoms with Crippen molar-refractivity contribution in [1.82, 2.24) is 10.2 Å². The van der Waals surface area contributed by atoms with Crippen LogP contribution in [0.25, 0.3) is 0 Å². The molecule has 0 bridgehead atoms. The summed E-state index contributed by atoms with van der Waals surface area (Å²) >= 11 is 1.67. The monoisotopic (exact) mass is 468 g/mol. The van der Waals surface area contributed by atoms with Crippen molar-refractivity contribution in [3.05, 3.63) is 60.2 Å². The Kier molecular flexibility index (Phi) is 10.1. The van der Waals surface area contributed by atoms with E-state index < -0.39 is 6.04 Å². The van der Waals surface area contributed by atoms with Crippen LogP contribution in [0.2, 0.25) is 0 Å². The molecule has 5 nitrogen and oxygen atoms in total. The summed E-state index contributed by atoms with van der Waals surface area (Å²) in [6, 6.07) is 17.6. The SMILES string of the molecule is CC[C@@H](C(=O)NC1CCCCC1)N(Cc1ccc(OC)cc1)C(=O)CCSc1ccccc1. The number of hydrogen-bond acceptors (Lipinski definition) is 4. The van der Waals surface area contributed by atoms with Crippen molar-refractivity contribution in [1.29, 1.82) is 0 Å². The van der Waals surface area contributed by atoms with Crippen molar-refractivity contribution in [2.75, 3.05) is 12.9 Å². The molecule has 1 atom stereocenters. The van der Waals surface area contributed by atoms with E-state index in [1.54, 1.807) is 23.8 Å². The van der Waals surface area contributed by atoms with Crippen LogP contribution >= 0.6 is 11.8 Å². The largest absolute Gasteiger partial charge is 0.497 e. The number of nitrogens with one attached hydrogen (secondary N) is 1. The lowest BCUT2D eigenvalue weighted by Gasteiger charge is -2.33. The van der Waals surface area contributed by atoms with Crippen LogP contribution in [0.15, 0.2) is 59.5 Å². The van der Waals surface area contributed by atoms with Crippen molar-refractivity contribution >= 4 is 23.6 Å². The Hall–Kier alpha value is -2.47. The predicted octanol–water partition coefficient (Wildman–Crippen LogP) is 5.43. The second kappa shape index (κ2) is 13.3. The number of carbonyl (C=O) groups excluding carboxylic acids is 2. The molecule has 1 N–H and O–H groups in total. The molecule has 0 aromatic heterocycles. The van der Waals surface area contributed by atoms with Gasteiger partial charge in [-0.1, -0.05) is 56.5 Å².